The van der Waals surface area contributed by atoms with Crippen LogP contribution in [-0.2, 0) is 23.0 Å². The number of rotatable bonds is 7. The smallest absolute Gasteiger partial charge is 0.242 e. The van der Waals surface area contributed by atoms with Crippen molar-refractivity contribution in [3.05, 3.63) is 59.7 Å². The summed E-state index contributed by atoms with van der Waals surface area (Å²) in [6.07, 6.45) is 4.58. The monoisotopic (exact) mass is 402 g/mol. The Morgan fingerprint density at radius 1 is 1.04 bits per heavy atom. The van der Waals surface area contributed by atoms with Crippen LogP contribution in [0.5, 0.6) is 5.75 Å². The van der Waals surface area contributed by atoms with Gasteiger partial charge >= 0.3 is 0 Å². The lowest BCUT2D eigenvalue weighted by Gasteiger charge is -2.32. The molecule has 0 amide bonds. The Morgan fingerprint density at radius 2 is 1.71 bits per heavy atom. The van der Waals surface area contributed by atoms with E-state index in [4.69, 9.17) is 0 Å². The summed E-state index contributed by atoms with van der Waals surface area (Å²) in [6, 6.07) is 14.8. The maximum atomic E-state index is 12.3. The molecular formula is C22H30N2O3S. The van der Waals surface area contributed by atoms with Gasteiger partial charge in [0.1, 0.15) is 5.75 Å². The van der Waals surface area contributed by atoms with Gasteiger partial charge in [-0.2, -0.15) is 0 Å². The molecule has 6 heteroatoms. The highest BCUT2D eigenvalue weighted by Crippen LogP contribution is 2.24. The normalized spacial score (nSPS) is 16.5. The van der Waals surface area contributed by atoms with E-state index in [0.717, 1.165) is 37.5 Å². The van der Waals surface area contributed by atoms with Crippen LogP contribution in [0.1, 0.15) is 30.4 Å². The quantitative estimate of drug-likeness (QED) is 0.770. The molecule has 1 saturated heterocycles. The van der Waals surface area contributed by atoms with E-state index in [1.54, 1.807) is 38.4 Å². The van der Waals surface area contributed by atoms with Gasteiger partial charge in [0.2, 0.25) is 10.0 Å². The van der Waals surface area contributed by atoms with Crippen molar-refractivity contribution >= 4 is 10.0 Å². The lowest BCUT2D eigenvalue weighted by Crippen LogP contribution is -2.33. The van der Waals surface area contributed by atoms with Crippen LogP contribution in [0.15, 0.2) is 53.4 Å². The van der Waals surface area contributed by atoms with Gasteiger partial charge in [-0.15, -0.1) is 0 Å². The second kappa shape index (κ2) is 9.07. The van der Waals surface area contributed by atoms with Crippen molar-refractivity contribution in [2.45, 2.75) is 37.1 Å². The number of benzene rings is 2. The molecule has 0 radical (unpaired) electrons. The first kappa shape index (κ1) is 20.8. The molecule has 1 aliphatic heterocycles. The number of aromatic hydroxyl groups is 1. The van der Waals surface area contributed by atoms with E-state index in [1.165, 1.54) is 29.1 Å². The number of phenols is 1. The number of piperidine rings is 1. The predicted octanol–water partition coefficient (Wildman–Crippen LogP) is 3.49. The van der Waals surface area contributed by atoms with Crippen LogP contribution in [0, 0.1) is 5.92 Å². The second-order valence-corrected chi connectivity index (χ2v) is 10.0. The molecule has 0 spiro atoms. The van der Waals surface area contributed by atoms with Gasteiger partial charge in [0.05, 0.1) is 4.90 Å². The largest absolute Gasteiger partial charge is 0.508 e. The maximum absolute atomic E-state index is 12.3. The average molecular weight is 403 g/mol. The SMILES string of the molecule is CN(C)S(=O)(=O)c1cccc(CN2CCC(CCc3ccc(O)cc3)CC2)c1. The van der Waals surface area contributed by atoms with Crippen LogP contribution >= 0.6 is 0 Å². The van der Waals surface area contributed by atoms with Crippen LogP contribution in [0.2, 0.25) is 0 Å². The molecule has 1 aliphatic rings. The molecule has 0 atom stereocenters. The minimum Gasteiger partial charge on any atom is -0.508 e. The number of hydrogen-bond acceptors (Lipinski definition) is 4. The number of sulfonamides is 1. The van der Waals surface area contributed by atoms with Gasteiger partial charge in [-0.1, -0.05) is 24.3 Å². The van der Waals surface area contributed by atoms with Gasteiger partial charge in [-0.25, -0.2) is 12.7 Å². The van der Waals surface area contributed by atoms with Crippen molar-refractivity contribution in [2.75, 3.05) is 27.2 Å². The van der Waals surface area contributed by atoms with Crippen LogP contribution in [0.4, 0.5) is 0 Å². The number of phenolic OH excluding ortho intramolecular Hbond substituents is 1. The molecule has 1 fully saturated rings. The third kappa shape index (κ3) is 5.34. The molecule has 5 nitrogen and oxygen atoms in total. The number of nitrogens with zero attached hydrogens (tertiary/aromatic N) is 2. The molecule has 2 aromatic carbocycles. The Hall–Kier alpha value is -1.89. The summed E-state index contributed by atoms with van der Waals surface area (Å²) in [4.78, 5) is 2.78. The molecular weight excluding hydrogens is 372 g/mol. The number of aryl methyl sites for hydroxylation is 1. The molecule has 152 valence electrons. The molecule has 3 rings (SSSR count). The Balaban J connectivity index is 1.50. The van der Waals surface area contributed by atoms with E-state index < -0.39 is 10.0 Å². The molecule has 28 heavy (non-hydrogen) atoms. The Kier molecular flexibility index (Phi) is 6.75. The van der Waals surface area contributed by atoms with Gasteiger partial charge in [-0.05, 0) is 80.1 Å². The molecule has 0 aromatic heterocycles. The third-order valence-corrected chi connectivity index (χ3v) is 7.38. The highest BCUT2D eigenvalue weighted by atomic mass is 32.2. The number of hydrogen-bond donors (Lipinski definition) is 1. The van der Waals surface area contributed by atoms with Crippen LogP contribution in [0.25, 0.3) is 0 Å². The lowest BCUT2D eigenvalue weighted by molar-refractivity contribution is 0.172. The zero-order valence-electron chi connectivity index (χ0n) is 16.7. The summed E-state index contributed by atoms with van der Waals surface area (Å²) in [5, 5.41) is 9.37. The fourth-order valence-corrected chi connectivity index (χ4v) is 4.71. The molecule has 2 aromatic rings. The van der Waals surface area contributed by atoms with Crippen molar-refractivity contribution in [3.63, 3.8) is 0 Å². The summed E-state index contributed by atoms with van der Waals surface area (Å²) in [5.41, 5.74) is 2.32. The third-order valence-electron chi connectivity index (χ3n) is 5.57. The standard InChI is InChI=1S/C22H30N2O3S/c1-23(2)28(26,27)22-5-3-4-20(16-22)17-24-14-12-19(13-15-24)7-6-18-8-10-21(25)11-9-18/h3-5,8-11,16,19,25H,6-7,12-15,17H2,1-2H3. The Labute approximate surface area is 168 Å². The van der Waals surface area contributed by atoms with Gasteiger partial charge in [-0.3, -0.25) is 4.90 Å². The first-order valence-electron chi connectivity index (χ1n) is 9.86. The first-order chi connectivity index (χ1) is 13.3. The van der Waals surface area contributed by atoms with E-state index in [-0.39, 0.29) is 0 Å². The van der Waals surface area contributed by atoms with Crippen LogP contribution in [0.3, 0.4) is 0 Å². The van der Waals surface area contributed by atoms with E-state index in [1.807, 2.05) is 24.3 Å². The van der Waals surface area contributed by atoms with Gasteiger partial charge in [0.25, 0.3) is 0 Å². The molecule has 0 unspecified atom stereocenters. The zero-order valence-corrected chi connectivity index (χ0v) is 17.5. The average Bonchev–Trinajstić information content (AvgIpc) is 2.69. The molecule has 0 aliphatic carbocycles. The fraction of sp³-hybridized carbons (Fsp3) is 0.455. The summed E-state index contributed by atoms with van der Waals surface area (Å²) in [7, 11) is -0.265. The van der Waals surface area contributed by atoms with Crippen molar-refractivity contribution in [1.29, 1.82) is 0 Å². The van der Waals surface area contributed by atoms with Gasteiger partial charge in [0.15, 0.2) is 0 Å². The maximum Gasteiger partial charge on any atom is 0.242 e. The van der Waals surface area contributed by atoms with Crippen LogP contribution < -0.4 is 0 Å². The van der Waals surface area contributed by atoms with Gasteiger partial charge in [0, 0.05) is 20.6 Å². The van der Waals surface area contributed by atoms with Crippen molar-refractivity contribution in [1.82, 2.24) is 9.21 Å². The molecule has 0 bridgehead atoms. The summed E-state index contributed by atoms with van der Waals surface area (Å²) < 4.78 is 25.9. The topological polar surface area (TPSA) is 60.9 Å². The van der Waals surface area contributed by atoms with E-state index in [2.05, 4.69) is 4.90 Å². The van der Waals surface area contributed by atoms with Crippen molar-refractivity contribution < 1.29 is 13.5 Å². The minimum atomic E-state index is -3.39. The van der Waals surface area contributed by atoms with E-state index in [0.29, 0.717) is 10.6 Å². The minimum absolute atomic E-state index is 0.319. The highest BCUT2D eigenvalue weighted by molar-refractivity contribution is 7.89. The first-order valence-corrected chi connectivity index (χ1v) is 11.3. The summed E-state index contributed by atoms with van der Waals surface area (Å²) >= 11 is 0. The van der Waals surface area contributed by atoms with Crippen molar-refractivity contribution in [2.24, 2.45) is 5.92 Å². The predicted molar refractivity (Wildman–Crippen MR) is 112 cm³/mol. The number of likely N-dealkylation sites (tertiary alicyclic amines) is 1. The van der Waals surface area contributed by atoms with E-state index >= 15 is 0 Å². The second-order valence-electron chi connectivity index (χ2n) is 7.86. The van der Waals surface area contributed by atoms with Gasteiger partial charge < -0.3 is 5.11 Å². The lowest BCUT2D eigenvalue weighted by atomic mass is 9.90. The molecule has 0 saturated carbocycles. The molecule has 1 N–H and O–H groups in total. The summed E-state index contributed by atoms with van der Waals surface area (Å²) in [6.45, 7) is 2.89. The fourth-order valence-electron chi connectivity index (χ4n) is 3.74. The Bertz CT molecular complexity index is 871. The molecule has 1 heterocycles. The highest BCUT2D eigenvalue weighted by Gasteiger charge is 2.21. The summed E-state index contributed by atoms with van der Waals surface area (Å²) in [5.74, 6) is 1.05. The van der Waals surface area contributed by atoms with E-state index in [9.17, 15) is 13.5 Å². The zero-order chi connectivity index (χ0) is 20.1. The van der Waals surface area contributed by atoms with Crippen LogP contribution in [-0.4, -0.2) is 49.9 Å². The van der Waals surface area contributed by atoms with Crippen molar-refractivity contribution in [3.8, 4) is 5.75 Å². The Morgan fingerprint density at radius 3 is 2.36 bits per heavy atom.